The summed E-state index contributed by atoms with van der Waals surface area (Å²) in [6, 6.07) is 11.5. The van der Waals surface area contributed by atoms with Crippen molar-refractivity contribution in [2.75, 3.05) is 26.8 Å². The number of halogens is 2. The normalized spacial score (nSPS) is 18.9. The van der Waals surface area contributed by atoms with Crippen LogP contribution in [0.5, 0.6) is 11.5 Å². The van der Waals surface area contributed by atoms with Crippen molar-refractivity contribution in [1.82, 2.24) is 5.32 Å². The van der Waals surface area contributed by atoms with Crippen molar-refractivity contribution in [2.45, 2.75) is 12.2 Å². The van der Waals surface area contributed by atoms with Gasteiger partial charge in [-0.25, -0.2) is 4.39 Å². The third kappa shape index (κ3) is 3.98. The molecule has 2 aromatic carbocycles. The van der Waals surface area contributed by atoms with E-state index in [4.69, 9.17) is 25.8 Å². The van der Waals surface area contributed by atoms with Crippen molar-refractivity contribution in [3.05, 3.63) is 58.9 Å². The smallest absolute Gasteiger partial charge is 0.162 e. The predicted molar refractivity (Wildman–Crippen MR) is 90.4 cm³/mol. The summed E-state index contributed by atoms with van der Waals surface area (Å²) >= 11 is 6.00. The van der Waals surface area contributed by atoms with E-state index in [1.807, 2.05) is 6.07 Å². The minimum Gasteiger partial charge on any atom is -0.493 e. The number of ether oxygens (including phenoxy) is 3. The Morgan fingerprint density at radius 3 is 2.83 bits per heavy atom. The number of benzene rings is 2. The number of morpholine rings is 1. The maximum Gasteiger partial charge on any atom is 0.162 e. The molecule has 1 aliphatic rings. The molecule has 2 aromatic rings. The molecule has 1 unspecified atom stereocenters. The second-order valence-corrected chi connectivity index (χ2v) is 5.94. The number of nitrogens with one attached hydrogen (secondary N) is 1. The molecular weight excluding hydrogens is 333 g/mol. The van der Waals surface area contributed by atoms with Gasteiger partial charge in [-0.2, -0.15) is 0 Å². The molecule has 0 radical (unpaired) electrons. The minimum absolute atomic E-state index is 0.235. The van der Waals surface area contributed by atoms with Crippen LogP contribution in [0.1, 0.15) is 11.7 Å². The Balaban J connectivity index is 1.92. The van der Waals surface area contributed by atoms with E-state index in [2.05, 4.69) is 5.32 Å². The Bertz CT molecular complexity index is 692. The highest BCUT2D eigenvalue weighted by atomic mass is 35.5. The maximum atomic E-state index is 13.7. The van der Waals surface area contributed by atoms with Gasteiger partial charge < -0.3 is 19.5 Å². The van der Waals surface area contributed by atoms with Crippen LogP contribution in [0.3, 0.4) is 0 Å². The summed E-state index contributed by atoms with van der Waals surface area (Å²) in [7, 11) is 1.55. The standard InChI is InChI=1S/C18H19ClFNO3/c1-22-16-10-13(19)5-6-15(16)24-18(17-11-21-7-8-23-17)12-3-2-4-14(20)9-12/h2-6,9-10,17-18,21H,7-8,11H2,1H3/t17?,18-/m0/s1. The first-order chi connectivity index (χ1) is 11.7. The molecule has 1 heterocycles. The van der Waals surface area contributed by atoms with Crippen molar-refractivity contribution in [3.63, 3.8) is 0 Å². The number of rotatable bonds is 5. The van der Waals surface area contributed by atoms with Crippen LogP contribution in [0.4, 0.5) is 4.39 Å². The summed E-state index contributed by atoms with van der Waals surface area (Å²) in [6.45, 7) is 1.99. The molecule has 4 nitrogen and oxygen atoms in total. The first-order valence-corrected chi connectivity index (χ1v) is 8.13. The molecule has 6 heteroatoms. The van der Waals surface area contributed by atoms with Crippen LogP contribution in [-0.2, 0) is 4.74 Å². The second-order valence-electron chi connectivity index (χ2n) is 5.50. The lowest BCUT2D eigenvalue weighted by Gasteiger charge is -2.32. The lowest BCUT2D eigenvalue weighted by Crippen LogP contribution is -2.43. The van der Waals surface area contributed by atoms with E-state index in [0.29, 0.717) is 35.2 Å². The summed E-state index contributed by atoms with van der Waals surface area (Å²) in [5.41, 5.74) is 0.709. The fraction of sp³-hybridized carbons (Fsp3) is 0.333. The molecular formula is C18H19ClFNO3. The number of methoxy groups -OCH3 is 1. The van der Waals surface area contributed by atoms with E-state index < -0.39 is 6.10 Å². The van der Waals surface area contributed by atoms with Gasteiger partial charge in [-0.15, -0.1) is 0 Å². The van der Waals surface area contributed by atoms with Crippen LogP contribution in [-0.4, -0.2) is 32.9 Å². The van der Waals surface area contributed by atoms with Gasteiger partial charge in [0.2, 0.25) is 0 Å². The average Bonchev–Trinajstić information content (AvgIpc) is 2.61. The van der Waals surface area contributed by atoms with Crippen LogP contribution < -0.4 is 14.8 Å². The Hall–Kier alpha value is -1.82. The highest BCUT2D eigenvalue weighted by Crippen LogP contribution is 2.35. The van der Waals surface area contributed by atoms with Crippen LogP contribution in [0, 0.1) is 5.82 Å². The zero-order valence-electron chi connectivity index (χ0n) is 13.3. The van der Waals surface area contributed by atoms with Gasteiger partial charge >= 0.3 is 0 Å². The summed E-state index contributed by atoms with van der Waals surface area (Å²) in [6.07, 6.45) is -0.704. The zero-order valence-corrected chi connectivity index (χ0v) is 14.1. The van der Waals surface area contributed by atoms with E-state index in [0.717, 1.165) is 6.54 Å². The van der Waals surface area contributed by atoms with E-state index in [9.17, 15) is 4.39 Å². The largest absolute Gasteiger partial charge is 0.493 e. The van der Waals surface area contributed by atoms with Gasteiger partial charge in [0.15, 0.2) is 17.6 Å². The van der Waals surface area contributed by atoms with Gasteiger partial charge in [0.05, 0.1) is 13.7 Å². The molecule has 0 amide bonds. The lowest BCUT2D eigenvalue weighted by atomic mass is 10.0. The van der Waals surface area contributed by atoms with Gasteiger partial charge in [-0.1, -0.05) is 23.7 Å². The second kappa shape index (κ2) is 7.83. The van der Waals surface area contributed by atoms with Crippen LogP contribution >= 0.6 is 11.6 Å². The molecule has 1 N–H and O–H groups in total. The zero-order chi connectivity index (χ0) is 16.9. The first-order valence-electron chi connectivity index (χ1n) is 7.75. The van der Waals surface area contributed by atoms with E-state index in [-0.39, 0.29) is 11.9 Å². The monoisotopic (exact) mass is 351 g/mol. The van der Waals surface area contributed by atoms with Crippen LogP contribution in [0.25, 0.3) is 0 Å². The van der Waals surface area contributed by atoms with E-state index in [1.165, 1.54) is 12.1 Å². The molecule has 24 heavy (non-hydrogen) atoms. The fourth-order valence-electron chi connectivity index (χ4n) is 2.70. The van der Waals surface area contributed by atoms with Crippen molar-refractivity contribution < 1.29 is 18.6 Å². The van der Waals surface area contributed by atoms with E-state index in [1.54, 1.807) is 31.4 Å². The molecule has 1 aliphatic heterocycles. The Morgan fingerprint density at radius 2 is 2.12 bits per heavy atom. The molecule has 0 spiro atoms. The van der Waals surface area contributed by atoms with Crippen LogP contribution in [0.15, 0.2) is 42.5 Å². The van der Waals surface area contributed by atoms with Gasteiger partial charge in [0.25, 0.3) is 0 Å². The van der Waals surface area contributed by atoms with Gasteiger partial charge in [0, 0.05) is 24.2 Å². The summed E-state index contributed by atoms with van der Waals surface area (Å²) in [5, 5.41) is 3.82. The fourth-order valence-corrected chi connectivity index (χ4v) is 2.86. The molecule has 0 aliphatic carbocycles. The van der Waals surface area contributed by atoms with Crippen molar-refractivity contribution in [2.24, 2.45) is 0 Å². The van der Waals surface area contributed by atoms with Gasteiger partial charge in [-0.05, 0) is 29.8 Å². The molecule has 3 rings (SSSR count). The average molecular weight is 352 g/mol. The van der Waals surface area contributed by atoms with Crippen LogP contribution in [0.2, 0.25) is 5.02 Å². The highest BCUT2D eigenvalue weighted by Gasteiger charge is 2.29. The first kappa shape index (κ1) is 17.0. The predicted octanol–water partition coefficient (Wildman–Crippen LogP) is 3.60. The van der Waals surface area contributed by atoms with Crippen molar-refractivity contribution >= 4 is 11.6 Å². The Morgan fingerprint density at radius 1 is 1.25 bits per heavy atom. The SMILES string of the molecule is COc1cc(Cl)ccc1O[C@@H](c1cccc(F)c1)C1CNCCO1. The third-order valence-corrected chi connectivity index (χ3v) is 4.09. The van der Waals surface area contributed by atoms with Gasteiger partial charge in [0.1, 0.15) is 11.9 Å². The van der Waals surface area contributed by atoms with E-state index >= 15 is 0 Å². The molecule has 1 fully saturated rings. The van der Waals surface area contributed by atoms with Gasteiger partial charge in [-0.3, -0.25) is 0 Å². The number of hydrogen-bond donors (Lipinski definition) is 1. The molecule has 0 bridgehead atoms. The van der Waals surface area contributed by atoms with Crippen molar-refractivity contribution in [1.29, 1.82) is 0 Å². The molecule has 2 atom stereocenters. The maximum absolute atomic E-state index is 13.7. The molecule has 128 valence electrons. The Labute approximate surface area is 145 Å². The third-order valence-electron chi connectivity index (χ3n) is 3.85. The number of hydrogen-bond acceptors (Lipinski definition) is 4. The quantitative estimate of drug-likeness (QED) is 0.893. The molecule has 0 aromatic heterocycles. The molecule has 0 saturated carbocycles. The topological polar surface area (TPSA) is 39.7 Å². The molecule has 1 saturated heterocycles. The summed E-state index contributed by atoms with van der Waals surface area (Å²) in [4.78, 5) is 0. The summed E-state index contributed by atoms with van der Waals surface area (Å²) in [5.74, 6) is 0.742. The Kier molecular flexibility index (Phi) is 5.56. The summed E-state index contributed by atoms with van der Waals surface area (Å²) < 4.78 is 31.0. The minimum atomic E-state index is -0.469. The van der Waals surface area contributed by atoms with Crippen molar-refractivity contribution in [3.8, 4) is 11.5 Å². The lowest BCUT2D eigenvalue weighted by molar-refractivity contribution is -0.0439. The highest BCUT2D eigenvalue weighted by molar-refractivity contribution is 6.30.